The van der Waals surface area contributed by atoms with Crippen molar-refractivity contribution in [2.24, 2.45) is 0 Å². The van der Waals surface area contributed by atoms with Crippen LogP contribution in [0.1, 0.15) is 41.5 Å². The van der Waals surface area contributed by atoms with E-state index >= 15 is 0 Å². The fraction of sp³-hybridized carbons (Fsp3) is 0.412. The molecule has 0 aliphatic rings. The molecule has 0 saturated carbocycles. The van der Waals surface area contributed by atoms with E-state index in [-0.39, 0.29) is 0 Å². The van der Waals surface area contributed by atoms with Gasteiger partial charge in [0.1, 0.15) is 5.76 Å². The van der Waals surface area contributed by atoms with Gasteiger partial charge in [-0.15, -0.1) is 0 Å². The van der Waals surface area contributed by atoms with E-state index in [1.807, 2.05) is 38.1 Å². The Morgan fingerprint density at radius 2 is 1.90 bits per heavy atom. The average molecular weight is 283 g/mol. The highest BCUT2D eigenvalue weighted by Gasteiger charge is 2.13. The molecule has 21 heavy (non-hydrogen) atoms. The van der Waals surface area contributed by atoms with Crippen molar-refractivity contribution in [2.75, 3.05) is 6.54 Å². The summed E-state index contributed by atoms with van der Waals surface area (Å²) < 4.78 is 5.24. The van der Waals surface area contributed by atoms with Crippen molar-refractivity contribution < 1.29 is 4.52 Å². The molecule has 1 heterocycles. The Labute approximate surface area is 126 Å². The van der Waals surface area contributed by atoms with E-state index in [1.165, 1.54) is 11.1 Å². The maximum absolute atomic E-state index is 8.85. The normalized spacial score (nSPS) is 10.8. The second-order valence-electron chi connectivity index (χ2n) is 5.32. The van der Waals surface area contributed by atoms with Gasteiger partial charge in [0.05, 0.1) is 17.3 Å². The number of hydrogen-bond donors (Lipinski definition) is 0. The second-order valence-corrected chi connectivity index (χ2v) is 5.32. The summed E-state index contributed by atoms with van der Waals surface area (Å²) in [5, 5.41) is 12.9. The van der Waals surface area contributed by atoms with Gasteiger partial charge in [0.2, 0.25) is 0 Å². The first-order valence-corrected chi connectivity index (χ1v) is 7.27. The molecule has 0 amide bonds. The summed E-state index contributed by atoms with van der Waals surface area (Å²) in [6, 6.07) is 9.94. The van der Waals surface area contributed by atoms with E-state index in [4.69, 9.17) is 9.78 Å². The Morgan fingerprint density at radius 1 is 1.19 bits per heavy atom. The van der Waals surface area contributed by atoms with Crippen molar-refractivity contribution in [3.05, 3.63) is 52.4 Å². The highest BCUT2D eigenvalue weighted by molar-refractivity contribution is 5.31. The lowest BCUT2D eigenvalue weighted by atomic mass is 10.1. The molecule has 0 spiro atoms. The molecule has 0 unspecified atom stereocenters. The van der Waals surface area contributed by atoms with Gasteiger partial charge in [-0.2, -0.15) is 5.26 Å². The standard InChI is InChI=1S/C17H21N3O/c1-4-9-20(12-17-13(2)19-21-14(17)3)11-16-7-5-15(10-18)6-8-16/h5-8H,4,9,11-12H2,1-3H3. The van der Waals surface area contributed by atoms with E-state index in [9.17, 15) is 0 Å². The smallest absolute Gasteiger partial charge is 0.138 e. The highest BCUT2D eigenvalue weighted by Crippen LogP contribution is 2.17. The van der Waals surface area contributed by atoms with Crippen molar-refractivity contribution in [1.29, 1.82) is 5.26 Å². The minimum Gasteiger partial charge on any atom is -0.361 e. The highest BCUT2D eigenvalue weighted by atomic mass is 16.5. The summed E-state index contributed by atoms with van der Waals surface area (Å²) in [5.74, 6) is 0.897. The zero-order valence-electron chi connectivity index (χ0n) is 12.9. The molecule has 4 heteroatoms. The van der Waals surface area contributed by atoms with Crippen molar-refractivity contribution in [3.8, 4) is 6.07 Å². The van der Waals surface area contributed by atoms with Gasteiger partial charge in [0.15, 0.2) is 0 Å². The lowest BCUT2D eigenvalue weighted by Crippen LogP contribution is -2.24. The lowest BCUT2D eigenvalue weighted by Gasteiger charge is -2.21. The monoisotopic (exact) mass is 283 g/mol. The predicted octanol–water partition coefficient (Wildman–Crippen LogP) is 3.58. The molecule has 2 rings (SSSR count). The van der Waals surface area contributed by atoms with Crippen LogP contribution in [0.15, 0.2) is 28.8 Å². The third-order valence-electron chi connectivity index (χ3n) is 3.59. The van der Waals surface area contributed by atoms with Gasteiger partial charge in [0.25, 0.3) is 0 Å². The van der Waals surface area contributed by atoms with E-state index in [2.05, 4.69) is 23.0 Å². The average Bonchev–Trinajstić information content (AvgIpc) is 2.80. The summed E-state index contributed by atoms with van der Waals surface area (Å²) in [6.07, 6.45) is 1.10. The molecule has 0 radical (unpaired) electrons. The summed E-state index contributed by atoms with van der Waals surface area (Å²) >= 11 is 0. The molecule has 0 saturated heterocycles. The number of hydrogen-bond acceptors (Lipinski definition) is 4. The molecule has 2 aromatic rings. The molecule has 0 aliphatic heterocycles. The van der Waals surface area contributed by atoms with Crippen LogP contribution in [-0.2, 0) is 13.1 Å². The molecule has 0 N–H and O–H groups in total. The Hall–Kier alpha value is -2.12. The van der Waals surface area contributed by atoms with E-state index < -0.39 is 0 Å². The van der Waals surface area contributed by atoms with Crippen LogP contribution in [0.3, 0.4) is 0 Å². The predicted molar refractivity (Wildman–Crippen MR) is 81.5 cm³/mol. The summed E-state index contributed by atoms with van der Waals surface area (Å²) in [5.41, 5.74) is 4.06. The van der Waals surface area contributed by atoms with Crippen LogP contribution in [-0.4, -0.2) is 16.6 Å². The molecule has 0 aliphatic carbocycles. The van der Waals surface area contributed by atoms with E-state index in [0.717, 1.165) is 37.5 Å². The second kappa shape index (κ2) is 7.05. The first-order valence-electron chi connectivity index (χ1n) is 7.27. The summed E-state index contributed by atoms with van der Waals surface area (Å²) in [6.45, 7) is 8.85. The third kappa shape index (κ3) is 3.93. The lowest BCUT2D eigenvalue weighted by molar-refractivity contribution is 0.255. The molecule has 0 fully saturated rings. The Morgan fingerprint density at radius 3 is 2.43 bits per heavy atom. The topological polar surface area (TPSA) is 53.1 Å². The van der Waals surface area contributed by atoms with Gasteiger partial charge in [-0.05, 0) is 44.5 Å². The molecular formula is C17H21N3O. The van der Waals surface area contributed by atoms with Crippen LogP contribution in [0.2, 0.25) is 0 Å². The van der Waals surface area contributed by atoms with Gasteiger partial charge in [-0.3, -0.25) is 4.90 Å². The first-order chi connectivity index (χ1) is 10.1. The first kappa shape index (κ1) is 15.3. The molecule has 0 bridgehead atoms. The van der Waals surface area contributed by atoms with Gasteiger partial charge in [0, 0.05) is 18.7 Å². The zero-order valence-corrected chi connectivity index (χ0v) is 12.9. The van der Waals surface area contributed by atoms with Crippen LogP contribution in [0.25, 0.3) is 0 Å². The Bertz CT molecular complexity index is 603. The number of nitriles is 1. The van der Waals surface area contributed by atoms with Crippen molar-refractivity contribution in [3.63, 3.8) is 0 Å². The minimum absolute atomic E-state index is 0.700. The maximum Gasteiger partial charge on any atom is 0.138 e. The number of aromatic nitrogens is 1. The molecule has 1 aromatic heterocycles. The maximum atomic E-state index is 8.85. The summed E-state index contributed by atoms with van der Waals surface area (Å²) in [7, 11) is 0. The van der Waals surface area contributed by atoms with Crippen molar-refractivity contribution >= 4 is 0 Å². The number of aryl methyl sites for hydroxylation is 2. The number of nitrogens with zero attached hydrogens (tertiary/aromatic N) is 3. The van der Waals surface area contributed by atoms with E-state index in [1.54, 1.807) is 0 Å². The summed E-state index contributed by atoms with van der Waals surface area (Å²) in [4.78, 5) is 2.38. The minimum atomic E-state index is 0.700. The SMILES string of the molecule is CCCN(Cc1ccc(C#N)cc1)Cc1c(C)noc1C. The van der Waals surface area contributed by atoms with Gasteiger partial charge in [-0.25, -0.2) is 0 Å². The van der Waals surface area contributed by atoms with Crippen molar-refractivity contribution in [2.45, 2.75) is 40.3 Å². The number of rotatable bonds is 6. The molecule has 1 aromatic carbocycles. The van der Waals surface area contributed by atoms with Crippen LogP contribution in [0.4, 0.5) is 0 Å². The van der Waals surface area contributed by atoms with E-state index in [0.29, 0.717) is 5.56 Å². The Kier molecular flexibility index (Phi) is 5.13. The van der Waals surface area contributed by atoms with Crippen molar-refractivity contribution in [1.82, 2.24) is 10.1 Å². The van der Waals surface area contributed by atoms with Crippen LogP contribution in [0, 0.1) is 25.2 Å². The fourth-order valence-electron chi connectivity index (χ4n) is 2.42. The zero-order chi connectivity index (χ0) is 15.2. The van der Waals surface area contributed by atoms with Crippen LogP contribution >= 0.6 is 0 Å². The Balaban J connectivity index is 2.10. The van der Waals surface area contributed by atoms with Gasteiger partial charge in [-0.1, -0.05) is 24.2 Å². The van der Waals surface area contributed by atoms with Gasteiger partial charge >= 0.3 is 0 Å². The number of benzene rings is 1. The third-order valence-corrected chi connectivity index (χ3v) is 3.59. The molecular weight excluding hydrogens is 262 g/mol. The van der Waals surface area contributed by atoms with Crippen LogP contribution in [0.5, 0.6) is 0 Å². The molecule has 0 atom stereocenters. The molecule has 4 nitrogen and oxygen atoms in total. The quantitative estimate of drug-likeness (QED) is 0.813. The fourth-order valence-corrected chi connectivity index (χ4v) is 2.42. The van der Waals surface area contributed by atoms with Crippen LogP contribution < -0.4 is 0 Å². The largest absolute Gasteiger partial charge is 0.361 e. The molecule has 110 valence electrons. The van der Waals surface area contributed by atoms with Gasteiger partial charge < -0.3 is 4.52 Å².